The molecule has 4 heteroatoms. The molecular formula is C16H12O4. The summed E-state index contributed by atoms with van der Waals surface area (Å²) in [5.74, 6) is -0.356. The zero-order valence-corrected chi connectivity index (χ0v) is 10.8. The Balaban J connectivity index is 2.38. The van der Waals surface area contributed by atoms with E-state index in [-0.39, 0.29) is 0 Å². The first-order valence-electron chi connectivity index (χ1n) is 6.10. The molecule has 0 aliphatic carbocycles. The van der Waals surface area contributed by atoms with Crippen LogP contribution in [0.2, 0.25) is 0 Å². The summed E-state index contributed by atoms with van der Waals surface area (Å²) in [5, 5.41) is 10.6. The third kappa shape index (κ3) is 1.91. The quantitative estimate of drug-likeness (QED) is 0.736. The molecule has 3 rings (SSSR count). The van der Waals surface area contributed by atoms with E-state index < -0.39 is 5.97 Å². The van der Waals surface area contributed by atoms with Gasteiger partial charge in [-0.3, -0.25) is 0 Å². The van der Waals surface area contributed by atoms with Crippen molar-refractivity contribution in [1.29, 1.82) is 0 Å². The van der Waals surface area contributed by atoms with Gasteiger partial charge in [0.15, 0.2) is 11.3 Å². The first-order chi connectivity index (χ1) is 9.70. The zero-order chi connectivity index (χ0) is 14.1. The van der Waals surface area contributed by atoms with Crippen molar-refractivity contribution >= 4 is 34.0 Å². The van der Waals surface area contributed by atoms with Crippen LogP contribution in [0.3, 0.4) is 0 Å². The van der Waals surface area contributed by atoms with E-state index in [2.05, 4.69) is 0 Å². The maximum Gasteiger partial charge on any atom is 0.328 e. The standard InChI is InChI=1S/C16H12O4/c1-19-13-8-6-10(7-9-14(17)18)15-11-4-2-3-5-12(11)20-16(13)15/h2-9H,1H3,(H,17,18). The first kappa shape index (κ1) is 12.3. The van der Waals surface area contributed by atoms with Crippen LogP contribution in [0.25, 0.3) is 28.0 Å². The molecule has 1 N–H and O–H groups in total. The summed E-state index contributed by atoms with van der Waals surface area (Å²) in [6.45, 7) is 0. The highest BCUT2D eigenvalue weighted by molar-refractivity contribution is 6.11. The lowest BCUT2D eigenvalue weighted by Crippen LogP contribution is -1.87. The number of rotatable bonds is 3. The molecule has 0 aliphatic heterocycles. The largest absolute Gasteiger partial charge is 0.493 e. The Morgan fingerprint density at radius 2 is 2.05 bits per heavy atom. The topological polar surface area (TPSA) is 59.7 Å². The molecule has 0 bridgehead atoms. The van der Waals surface area contributed by atoms with Crippen LogP contribution in [0.15, 0.2) is 46.9 Å². The Bertz CT molecular complexity index is 827. The fourth-order valence-electron chi connectivity index (χ4n) is 2.29. The summed E-state index contributed by atoms with van der Waals surface area (Å²) in [6, 6.07) is 11.2. The highest BCUT2D eigenvalue weighted by Gasteiger charge is 2.13. The highest BCUT2D eigenvalue weighted by atomic mass is 16.5. The van der Waals surface area contributed by atoms with Gasteiger partial charge in [0, 0.05) is 16.8 Å². The lowest BCUT2D eigenvalue weighted by atomic mass is 10.1. The molecule has 0 radical (unpaired) electrons. The molecule has 0 saturated carbocycles. The molecule has 0 unspecified atom stereocenters. The van der Waals surface area contributed by atoms with Crippen molar-refractivity contribution in [2.75, 3.05) is 7.11 Å². The van der Waals surface area contributed by atoms with Crippen LogP contribution in [0.4, 0.5) is 0 Å². The van der Waals surface area contributed by atoms with E-state index in [0.717, 1.165) is 28.0 Å². The minimum Gasteiger partial charge on any atom is -0.493 e. The lowest BCUT2D eigenvalue weighted by Gasteiger charge is -2.02. The Morgan fingerprint density at radius 1 is 1.25 bits per heavy atom. The van der Waals surface area contributed by atoms with E-state index in [4.69, 9.17) is 14.3 Å². The summed E-state index contributed by atoms with van der Waals surface area (Å²) < 4.78 is 11.1. The van der Waals surface area contributed by atoms with Crippen molar-refractivity contribution in [3.63, 3.8) is 0 Å². The van der Waals surface area contributed by atoms with Crippen LogP contribution in [-0.2, 0) is 4.79 Å². The number of para-hydroxylation sites is 1. The number of carboxylic acid groups (broad SMARTS) is 1. The van der Waals surface area contributed by atoms with Crippen molar-refractivity contribution in [1.82, 2.24) is 0 Å². The average molecular weight is 268 g/mol. The minimum atomic E-state index is -0.984. The van der Waals surface area contributed by atoms with Gasteiger partial charge in [-0.15, -0.1) is 0 Å². The molecule has 3 aromatic rings. The average Bonchev–Trinajstić information content (AvgIpc) is 2.84. The monoisotopic (exact) mass is 268 g/mol. The number of furan rings is 1. The molecule has 0 fully saturated rings. The van der Waals surface area contributed by atoms with Crippen molar-refractivity contribution < 1.29 is 19.1 Å². The molecule has 1 aromatic heterocycles. The maximum absolute atomic E-state index is 10.7. The van der Waals surface area contributed by atoms with Crippen molar-refractivity contribution in [3.05, 3.63) is 48.0 Å². The van der Waals surface area contributed by atoms with Gasteiger partial charge in [-0.25, -0.2) is 4.79 Å². The second kappa shape index (κ2) is 4.74. The fraction of sp³-hybridized carbons (Fsp3) is 0.0625. The Morgan fingerprint density at radius 3 is 2.80 bits per heavy atom. The number of carbonyl (C=O) groups is 1. The van der Waals surface area contributed by atoms with E-state index in [1.165, 1.54) is 0 Å². The molecule has 0 aliphatic rings. The van der Waals surface area contributed by atoms with Gasteiger partial charge in [0.1, 0.15) is 5.58 Å². The molecular weight excluding hydrogens is 256 g/mol. The SMILES string of the molecule is COc1ccc(C=CC(=O)O)c2c1oc1ccccc12. The Kier molecular flexibility index (Phi) is 2.91. The molecule has 0 saturated heterocycles. The van der Waals surface area contributed by atoms with Crippen LogP contribution in [0.1, 0.15) is 5.56 Å². The number of hydrogen-bond donors (Lipinski definition) is 1. The van der Waals surface area contributed by atoms with E-state index >= 15 is 0 Å². The summed E-state index contributed by atoms with van der Waals surface area (Å²) in [4.78, 5) is 10.7. The third-order valence-electron chi connectivity index (χ3n) is 3.15. The van der Waals surface area contributed by atoms with Crippen molar-refractivity contribution in [2.45, 2.75) is 0 Å². The molecule has 2 aromatic carbocycles. The fourth-order valence-corrected chi connectivity index (χ4v) is 2.29. The van der Waals surface area contributed by atoms with Crippen LogP contribution < -0.4 is 4.74 Å². The van der Waals surface area contributed by atoms with E-state index in [0.29, 0.717) is 11.3 Å². The normalized spacial score (nSPS) is 11.4. The number of carboxylic acids is 1. The number of methoxy groups -OCH3 is 1. The van der Waals surface area contributed by atoms with Crippen LogP contribution in [-0.4, -0.2) is 18.2 Å². The van der Waals surface area contributed by atoms with Gasteiger partial charge in [0.25, 0.3) is 0 Å². The van der Waals surface area contributed by atoms with Crippen molar-refractivity contribution in [2.24, 2.45) is 0 Å². The molecule has 1 heterocycles. The molecule has 0 amide bonds. The molecule has 100 valence electrons. The van der Waals surface area contributed by atoms with Crippen LogP contribution in [0.5, 0.6) is 5.75 Å². The van der Waals surface area contributed by atoms with E-state index in [1.807, 2.05) is 30.3 Å². The predicted octanol–water partition coefficient (Wildman–Crippen LogP) is 3.69. The zero-order valence-electron chi connectivity index (χ0n) is 10.8. The second-order valence-electron chi connectivity index (χ2n) is 4.33. The predicted molar refractivity (Wildman–Crippen MR) is 76.9 cm³/mol. The van der Waals surface area contributed by atoms with Crippen LogP contribution in [0, 0.1) is 0 Å². The summed E-state index contributed by atoms with van der Waals surface area (Å²) in [6.07, 6.45) is 2.68. The van der Waals surface area contributed by atoms with Crippen molar-refractivity contribution in [3.8, 4) is 5.75 Å². The number of hydrogen-bond acceptors (Lipinski definition) is 3. The van der Waals surface area contributed by atoms with Crippen LogP contribution >= 0.6 is 0 Å². The highest BCUT2D eigenvalue weighted by Crippen LogP contribution is 2.37. The summed E-state index contributed by atoms with van der Waals surface area (Å²) in [7, 11) is 1.58. The van der Waals surface area contributed by atoms with Gasteiger partial charge >= 0.3 is 5.97 Å². The van der Waals surface area contributed by atoms with Gasteiger partial charge in [-0.2, -0.15) is 0 Å². The summed E-state index contributed by atoms with van der Waals surface area (Å²) >= 11 is 0. The number of fused-ring (bicyclic) bond motifs is 3. The lowest BCUT2D eigenvalue weighted by molar-refractivity contribution is -0.131. The molecule has 0 atom stereocenters. The van der Waals surface area contributed by atoms with Gasteiger partial charge in [-0.05, 0) is 23.8 Å². The number of ether oxygens (including phenoxy) is 1. The summed E-state index contributed by atoms with van der Waals surface area (Å²) in [5.41, 5.74) is 2.16. The maximum atomic E-state index is 10.7. The van der Waals surface area contributed by atoms with E-state index in [1.54, 1.807) is 19.3 Å². The molecule has 20 heavy (non-hydrogen) atoms. The van der Waals surface area contributed by atoms with Gasteiger partial charge in [-0.1, -0.05) is 24.3 Å². The van der Waals surface area contributed by atoms with Gasteiger partial charge in [0.05, 0.1) is 7.11 Å². The van der Waals surface area contributed by atoms with Gasteiger partial charge < -0.3 is 14.3 Å². The minimum absolute atomic E-state index is 0.626. The number of aliphatic carboxylic acids is 1. The first-order valence-corrected chi connectivity index (χ1v) is 6.10. The second-order valence-corrected chi connectivity index (χ2v) is 4.33. The molecule has 4 nitrogen and oxygen atoms in total. The number of benzene rings is 2. The third-order valence-corrected chi connectivity index (χ3v) is 3.15. The Hall–Kier alpha value is -2.75. The molecule has 0 spiro atoms. The van der Waals surface area contributed by atoms with E-state index in [9.17, 15) is 4.79 Å². The smallest absolute Gasteiger partial charge is 0.328 e. The Labute approximate surface area is 114 Å². The van der Waals surface area contributed by atoms with Gasteiger partial charge in [0.2, 0.25) is 0 Å².